The van der Waals surface area contributed by atoms with E-state index in [1.54, 1.807) is 18.3 Å². The van der Waals surface area contributed by atoms with E-state index in [9.17, 15) is 18.0 Å². The number of rotatable bonds is 8. The van der Waals surface area contributed by atoms with Gasteiger partial charge in [-0.05, 0) is 6.07 Å². The van der Waals surface area contributed by atoms with Crippen LogP contribution in [0.15, 0.2) is 30.7 Å². The molecule has 0 aromatic carbocycles. The zero-order valence-electron chi connectivity index (χ0n) is 21.2. The molecule has 1 atom stereocenters. The van der Waals surface area contributed by atoms with Gasteiger partial charge in [0, 0.05) is 18.5 Å². The molecule has 2 aliphatic rings. The Balaban J connectivity index is 0.000000208. The molecule has 5 rings (SSSR count). The van der Waals surface area contributed by atoms with Crippen LogP contribution in [0.1, 0.15) is 39.3 Å². The van der Waals surface area contributed by atoms with Crippen molar-refractivity contribution in [2.45, 2.75) is 57.0 Å². The quantitative estimate of drug-likeness (QED) is 0.225. The smallest absolute Gasteiger partial charge is 0.310 e. The normalized spacial score (nSPS) is 16.2. The molecule has 1 saturated heterocycles. The van der Waals surface area contributed by atoms with Crippen molar-refractivity contribution in [1.82, 2.24) is 29.9 Å². The van der Waals surface area contributed by atoms with Gasteiger partial charge in [0.25, 0.3) is 0 Å². The molecule has 1 unspecified atom stereocenters. The molecule has 4 heterocycles. The minimum absolute atomic E-state index is 0.146. The number of carbonyl (C=O) groups is 1. The number of fused-ring (bicyclic) bond motifs is 1. The van der Waals surface area contributed by atoms with Crippen LogP contribution in [0, 0.1) is 5.92 Å². The number of nitrogens with zero attached hydrogens (tertiary/aromatic N) is 4. The summed E-state index contributed by atoms with van der Waals surface area (Å²) in [4.78, 5) is 19.5. The SMILES string of the molecule is CC.CC(NC(=O)O[S][Sb]1[CH2]CO[CH2]1)C1CC1.FC(F)(F)OCc1cn2c(Nc3ccn[nH]3)nccc2n1. The molecule has 210 valence electrons. The molecule has 3 aromatic rings. The number of H-pyrrole nitrogens is 1. The number of imidazole rings is 1. The van der Waals surface area contributed by atoms with Crippen LogP contribution >= 0.6 is 9.13 Å². The van der Waals surface area contributed by atoms with Gasteiger partial charge >= 0.3 is 107 Å². The summed E-state index contributed by atoms with van der Waals surface area (Å²) in [5, 5.41) is 12.3. The van der Waals surface area contributed by atoms with E-state index in [4.69, 9.17) is 8.92 Å². The van der Waals surface area contributed by atoms with Gasteiger partial charge in [-0.15, -0.1) is 13.2 Å². The first-order chi connectivity index (χ1) is 18.3. The number of aromatic nitrogens is 5. The summed E-state index contributed by atoms with van der Waals surface area (Å²) in [5.74, 6) is 1.66. The van der Waals surface area contributed by atoms with Crippen molar-refractivity contribution in [3.8, 4) is 0 Å². The van der Waals surface area contributed by atoms with E-state index in [2.05, 4.69) is 35.5 Å². The molecule has 2 fully saturated rings. The van der Waals surface area contributed by atoms with Gasteiger partial charge in [-0.25, -0.2) is 9.97 Å². The molecular weight excluding hydrogens is 637 g/mol. The van der Waals surface area contributed by atoms with Crippen molar-refractivity contribution in [3.63, 3.8) is 0 Å². The number of anilines is 2. The van der Waals surface area contributed by atoms with Crippen LogP contribution < -0.4 is 10.6 Å². The van der Waals surface area contributed by atoms with Gasteiger partial charge < -0.3 is 5.32 Å². The zero-order valence-corrected chi connectivity index (χ0v) is 24.6. The Morgan fingerprint density at radius 1 is 1.34 bits per heavy atom. The van der Waals surface area contributed by atoms with E-state index < -0.39 is 31.8 Å². The van der Waals surface area contributed by atoms with Crippen molar-refractivity contribution >= 4 is 51.4 Å². The van der Waals surface area contributed by atoms with Crippen molar-refractivity contribution in [3.05, 3.63) is 36.4 Å². The minimum Gasteiger partial charge on any atom is -0.310 e. The fourth-order valence-electron chi connectivity index (χ4n) is 3.20. The van der Waals surface area contributed by atoms with Crippen LogP contribution in [0.3, 0.4) is 0 Å². The van der Waals surface area contributed by atoms with E-state index in [1.165, 1.54) is 38.8 Å². The summed E-state index contributed by atoms with van der Waals surface area (Å²) in [7, 11) is 1.41. The van der Waals surface area contributed by atoms with Crippen LogP contribution in [-0.2, 0) is 20.3 Å². The standard InChI is InChI=1S/C11H9F3N6O.C6H11NO2S.C3H6O.C2H6.Sb/c12-11(13,14)21-6-7-5-20-9(17-7)2-3-15-10(20)18-8-1-4-16-19-8;1-4(5-2-3-5)7-6(8)9-10;1-3-4-2;1-2;/h1-5H,6H2,(H2,15,16,18,19);4-5,10H,2-3H2,1H3,(H,7,8);1-3H2;1-2H3;/q;;;;+1/p-1. The summed E-state index contributed by atoms with van der Waals surface area (Å²) in [6.45, 7) is 6.25. The number of aromatic amines is 1. The molecule has 1 aliphatic carbocycles. The third-order valence-corrected chi connectivity index (χ3v) is 13.3. The van der Waals surface area contributed by atoms with Crippen LogP contribution in [0.5, 0.6) is 0 Å². The molecule has 1 aliphatic heterocycles. The van der Waals surface area contributed by atoms with Crippen LogP contribution in [-0.4, -0.2) is 73.0 Å². The number of halogens is 3. The van der Waals surface area contributed by atoms with E-state index >= 15 is 0 Å². The molecule has 0 radical (unpaired) electrons. The number of carbonyl (C=O) groups excluding carboxylic acids is 1. The van der Waals surface area contributed by atoms with Crippen LogP contribution in [0.4, 0.5) is 29.7 Å². The fourth-order valence-corrected chi connectivity index (χ4v) is 9.29. The Morgan fingerprint density at radius 3 is 2.76 bits per heavy atom. The summed E-state index contributed by atoms with van der Waals surface area (Å²) in [6.07, 6.45) is 1.99. The van der Waals surface area contributed by atoms with Gasteiger partial charge in [0.1, 0.15) is 11.5 Å². The minimum atomic E-state index is -4.69. The number of ether oxygens (including phenoxy) is 2. The number of alkyl halides is 3. The molecule has 0 spiro atoms. The van der Waals surface area contributed by atoms with Crippen molar-refractivity contribution in [2.24, 2.45) is 5.92 Å². The van der Waals surface area contributed by atoms with E-state index in [0.717, 1.165) is 15.5 Å². The Hall–Kier alpha value is -2.22. The van der Waals surface area contributed by atoms with Gasteiger partial charge in [-0.3, -0.25) is 14.2 Å². The van der Waals surface area contributed by atoms with E-state index in [0.29, 0.717) is 23.3 Å². The van der Waals surface area contributed by atoms with Crippen LogP contribution in [0.25, 0.3) is 5.65 Å². The van der Waals surface area contributed by atoms with Crippen LogP contribution in [0.2, 0.25) is 4.37 Å². The topological polar surface area (TPSA) is 128 Å². The number of nitrogens with one attached hydrogen (secondary N) is 3. The average Bonchev–Trinajstić information content (AvgIpc) is 3.26. The zero-order chi connectivity index (χ0) is 27.5. The van der Waals surface area contributed by atoms with Crippen molar-refractivity contribution in [1.29, 1.82) is 0 Å². The van der Waals surface area contributed by atoms with E-state index in [-0.39, 0.29) is 17.8 Å². The molecule has 11 nitrogen and oxygen atoms in total. The van der Waals surface area contributed by atoms with Gasteiger partial charge in [-0.1, -0.05) is 13.8 Å². The monoisotopic (exact) mass is 667 g/mol. The molecular formula is C22H31F3N7O4SSb. The van der Waals surface area contributed by atoms with Crippen molar-refractivity contribution in [2.75, 3.05) is 16.5 Å². The predicted octanol–water partition coefficient (Wildman–Crippen LogP) is 4.98. The molecule has 1 saturated carbocycles. The Kier molecular flexibility index (Phi) is 11.8. The number of hydrogen-bond donors (Lipinski definition) is 3. The average molecular weight is 668 g/mol. The van der Waals surface area contributed by atoms with Gasteiger partial charge in [0.2, 0.25) is 5.95 Å². The van der Waals surface area contributed by atoms with E-state index in [1.807, 2.05) is 20.8 Å². The maximum atomic E-state index is 12.0. The maximum absolute atomic E-state index is 12.0. The van der Waals surface area contributed by atoms with Gasteiger partial charge in [-0.2, -0.15) is 5.10 Å². The number of amides is 1. The maximum Gasteiger partial charge on any atom is 0.522 e. The predicted molar refractivity (Wildman–Crippen MR) is 138 cm³/mol. The Labute approximate surface area is 228 Å². The van der Waals surface area contributed by atoms with Gasteiger partial charge in [0.05, 0.1) is 18.5 Å². The first-order valence-corrected chi connectivity index (χ1v) is 19.5. The largest absolute Gasteiger partial charge is 0.522 e. The summed E-state index contributed by atoms with van der Waals surface area (Å²) >= 11 is -1.39. The molecule has 1 amide bonds. The fraction of sp³-hybridized carbons (Fsp3) is 0.545. The second-order valence-electron chi connectivity index (χ2n) is 8.02. The Bertz CT molecular complexity index is 1130. The molecule has 3 aromatic heterocycles. The third-order valence-electron chi connectivity index (χ3n) is 5.18. The second-order valence-corrected chi connectivity index (χ2v) is 17.8. The first-order valence-electron chi connectivity index (χ1n) is 12.0. The molecule has 38 heavy (non-hydrogen) atoms. The summed E-state index contributed by atoms with van der Waals surface area (Å²) in [5.41, 5.74) is 0.598. The second kappa shape index (κ2) is 14.8. The van der Waals surface area contributed by atoms with Gasteiger partial charge in [0.15, 0.2) is 0 Å². The molecule has 16 heteroatoms. The number of hydrogen-bond acceptors (Lipinski definition) is 9. The summed E-state index contributed by atoms with van der Waals surface area (Å²) in [6, 6.07) is 3.53. The van der Waals surface area contributed by atoms with Crippen molar-refractivity contribution < 1.29 is 31.6 Å². The molecule has 0 bridgehead atoms. The third kappa shape index (κ3) is 10.2. The summed E-state index contributed by atoms with van der Waals surface area (Å²) < 4.78 is 53.8. The first kappa shape index (κ1) is 30.3. The Morgan fingerprint density at radius 2 is 2.13 bits per heavy atom. The molecule has 3 N–H and O–H groups in total.